The van der Waals surface area contributed by atoms with Crippen LogP contribution in [0.2, 0.25) is 0 Å². The van der Waals surface area contributed by atoms with Gasteiger partial charge in [0.15, 0.2) is 0 Å². The van der Waals surface area contributed by atoms with Gasteiger partial charge in [0.05, 0.1) is 0 Å². The van der Waals surface area contributed by atoms with E-state index in [4.69, 9.17) is 5.73 Å². The number of hydrogen-bond acceptors (Lipinski definition) is 3. The number of likely N-dealkylation sites (N-methyl/N-ethyl adjacent to an activating group) is 1. The van der Waals surface area contributed by atoms with Crippen molar-refractivity contribution in [2.45, 2.75) is 17.2 Å². The Bertz CT molecular complexity index is 295. The van der Waals surface area contributed by atoms with Crippen molar-refractivity contribution in [3.63, 3.8) is 0 Å². The molecule has 0 aromatic heterocycles. The fourth-order valence-electron chi connectivity index (χ4n) is 1.88. The molecule has 2 nitrogen and oxygen atoms in total. The first-order valence-corrected chi connectivity index (χ1v) is 6.88. The third kappa shape index (κ3) is 4.16. The van der Waals surface area contributed by atoms with Gasteiger partial charge in [-0.3, -0.25) is 0 Å². The molecular formula is C13H22N2S. The smallest absolute Gasteiger partial charge is 0.00693 e. The predicted molar refractivity (Wildman–Crippen MR) is 73.2 cm³/mol. The van der Waals surface area contributed by atoms with Gasteiger partial charge < -0.3 is 10.6 Å². The standard InChI is InChI=1S/C13H22N2S/c1-15(2)10-12(8-9-14)11-4-6-13(16-3)7-5-11/h4-7,12H,8-10,14H2,1-3H3. The van der Waals surface area contributed by atoms with E-state index in [9.17, 15) is 0 Å². The summed E-state index contributed by atoms with van der Waals surface area (Å²) in [6.07, 6.45) is 3.16. The molecule has 1 unspecified atom stereocenters. The van der Waals surface area contributed by atoms with Crippen LogP contribution in [-0.4, -0.2) is 38.3 Å². The van der Waals surface area contributed by atoms with Crippen molar-refractivity contribution in [1.82, 2.24) is 4.90 Å². The van der Waals surface area contributed by atoms with Crippen LogP contribution in [0.4, 0.5) is 0 Å². The summed E-state index contributed by atoms with van der Waals surface area (Å²) in [6.45, 7) is 1.82. The number of nitrogens with two attached hydrogens (primary N) is 1. The van der Waals surface area contributed by atoms with Crippen LogP contribution < -0.4 is 5.73 Å². The van der Waals surface area contributed by atoms with Crippen molar-refractivity contribution in [3.8, 4) is 0 Å². The van der Waals surface area contributed by atoms with Crippen LogP contribution in [0, 0.1) is 0 Å². The minimum Gasteiger partial charge on any atom is -0.330 e. The summed E-state index contributed by atoms with van der Waals surface area (Å²) in [6, 6.07) is 8.85. The molecule has 1 rings (SSSR count). The SMILES string of the molecule is CSc1ccc(C(CCN)CN(C)C)cc1. The highest BCUT2D eigenvalue weighted by atomic mass is 32.2. The lowest BCUT2D eigenvalue weighted by atomic mass is 9.95. The van der Waals surface area contributed by atoms with Crippen molar-refractivity contribution >= 4 is 11.8 Å². The zero-order chi connectivity index (χ0) is 12.0. The Kier molecular flexibility index (Phi) is 5.88. The third-order valence-corrected chi connectivity index (χ3v) is 3.43. The molecule has 0 amide bonds. The highest BCUT2D eigenvalue weighted by Gasteiger charge is 2.11. The van der Waals surface area contributed by atoms with Gasteiger partial charge in [0.25, 0.3) is 0 Å². The molecule has 0 saturated carbocycles. The summed E-state index contributed by atoms with van der Waals surface area (Å²) in [5.41, 5.74) is 7.08. The maximum atomic E-state index is 5.68. The van der Waals surface area contributed by atoms with Crippen LogP contribution in [0.3, 0.4) is 0 Å². The lowest BCUT2D eigenvalue weighted by Crippen LogP contribution is -2.22. The highest BCUT2D eigenvalue weighted by molar-refractivity contribution is 7.98. The van der Waals surface area contributed by atoms with Crippen molar-refractivity contribution in [1.29, 1.82) is 0 Å². The van der Waals surface area contributed by atoms with Crippen LogP contribution in [-0.2, 0) is 0 Å². The molecule has 2 N–H and O–H groups in total. The molecular weight excluding hydrogens is 216 g/mol. The summed E-state index contributed by atoms with van der Waals surface area (Å²) in [5.74, 6) is 0.552. The van der Waals surface area contributed by atoms with Crippen molar-refractivity contribution in [2.75, 3.05) is 33.4 Å². The molecule has 0 heterocycles. The van der Waals surface area contributed by atoms with E-state index in [1.165, 1.54) is 10.5 Å². The summed E-state index contributed by atoms with van der Waals surface area (Å²) >= 11 is 1.78. The zero-order valence-corrected chi connectivity index (χ0v) is 11.3. The monoisotopic (exact) mass is 238 g/mol. The predicted octanol–water partition coefficient (Wildman–Crippen LogP) is 2.40. The molecule has 90 valence electrons. The molecule has 0 bridgehead atoms. The second kappa shape index (κ2) is 6.94. The van der Waals surface area contributed by atoms with E-state index in [2.05, 4.69) is 49.5 Å². The molecule has 0 aliphatic carbocycles. The van der Waals surface area contributed by atoms with Gasteiger partial charge >= 0.3 is 0 Å². The highest BCUT2D eigenvalue weighted by Crippen LogP contribution is 2.23. The van der Waals surface area contributed by atoms with E-state index in [-0.39, 0.29) is 0 Å². The fourth-order valence-corrected chi connectivity index (χ4v) is 2.29. The minimum atomic E-state index is 0.552. The quantitative estimate of drug-likeness (QED) is 0.772. The zero-order valence-electron chi connectivity index (χ0n) is 10.4. The van der Waals surface area contributed by atoms with Crippen molar-refractivity contribution in [3.05, 3.63) is 29.8 Å². The Hall–Kier alpha value is -0.510. The molecule has 1 aromatic rings. The van der Waals surface area contributed by atoms with E-state index >= 15 is 0 Å². The Morgan fingerprint density at radius 2 is 1.88 bits per heavy atom. The van der Waals surface area contributed by atoms with Crippen molar-refractivity contribution in [2.24, 2.45) is 5.73 Å². The maximum absolute atomic E-state index is 5.68. The maximum Gasteiger partial charge on any atom is 0.00693 e. The fraction of sp³-hybridized carbons (Fsp3) is 0.538. The normalized spacial score (nSPS) is 13.1. The molecule has 0 radical (unpaired) electrons. The average molecular weight is 238 g/mol. The van der Waals surface area contributed by atoms with Gasteiger partial charge in [-0.15, -0.1) is 11.8 Å². The molecule has 3 heteroatoms. The van der Waals surface area contributed by atoms with E-state index < -0.39 is 0 Å². The third-order valence-electron chi connectivity index (χ3n) is 2.69. The van der Waals surface area contributed by atoms with Crippen LogP contribution in [0.25, 0.3) is 0 Å². The number of rotatable bonds is 6. The first-order chi connectivity index (χ1) is 7.67. The average Bonchev–Trinajstić information content (AvgIpc) is 2.28. The molecule has 0 aliphatic heterocycles. The summed E-state index contributed by atoms with van der Waals surface area (Å²) in [7, 11) is 4.22. The van der Waals surface area contributed by atoms with Gasteiger partial charge in [0.1, 0.15) is 0 Å². The molecule has 0 spiro atoms. The first-order valence-electron chi connectivity index (χ1n) is 5.66. The number of nitrogens with zero attached hydrogens (tertiary/aromatic N) is 1. The number of benzene rings is 1. The van der Waals surface area contributed by atoms with Crippen LogP contribution in [0.5, 0.6) is 0 Å². The first kappa shape index (κ1) is 13.6. The van der Waals surface area contributed by atoms with Crippen LogP contribution in [0.1, 0.15) is 17.9 Å². The van der Waals surface area contributed by atoms with Crippen molar-refractivity contribution < 1.29 is 0 Å². The second-order valence-corrected chi connectivity index (χ2v) is 5.19. The largest absolute Gasteiger partial charge is 0.330 e. The van der Waals surface area contributed by atoms with E-state index in [1.807, 2.05) is 0 Å². The molecule has 0 fully saturated rings. The molecule has 0 aliphatic rings. The van der Waals surface area contributed by atoms with Gasteiger partial charge in [-0.1, -0.05) is 12.1 Å². The van der Waals surface area contributed by atoms with Gasteiger partial charge in [-0.25, -0.2) is 0 Å². The molecule has 16 heavy (non-hydrogen) atoms. The van der Waals surface area contributed by atoms with Crippen LogP contribution >= 0.6 is 11.8 Å². The van der Waals surface area contributed by atoms with Gasteiger partial charge in [-0.2, -0.15) is 0 Å². The van der Waals surface area contributed by atoms with Crippen LogP contribution in [0.15, 0.2) is 29.2 Å². The van der Waals surface area contributed by atoms with E-state index in [0.29, 0.717) is 5.92 Å². The molecule has 1 atom stereocenters. The Morgan fingerprint density at radius 1 is 1.25 bits per heavy atom. The van der Waals surface area contributed by atoms with E-state index in [1.54, 1.807) is 11.8 Å². The van der Waals surface area contributed by atoms with Gasteiger partial charge in [0.2, 0.25) is 0 Å². The minimum absolute atomic E-state index is 0.552. The summed E-state index contributed by atoms with van der Waals surface area (Å²) in [4.78, 5) is 3.54. The Morgan fingerprint density at radius 3 is 2.31 bits per heavy atom. The number of thioether (sulfide) groups is 1. The number of hydrogen-bond donors (Lipinski definition) is 1. The molecule has 1 aromatic carbocycles. The summed E-state index contributed by atoms with van der Waals surface area (Å²) in [5, 5.41) is 0. The van der Waals surface area contributed by atoms with E-state index in [0.717, 1.165) is 19.5 Å². The van der Waals surface area contributed by atoms with Gasteiger partial charge in [-0.05, 0) is 56.9 Å². The topological polar surface area (TPSA) is 29.3 Å². The Balaban J connectivity index is 2.75. The lowest BCUT2D eigenvalue weighted by Gasteiger charge is -2.21. The summed E-state index contributed by atoms with van der Waals surface area (Å²) < 4.78 is 0. The Labute approximate surface area is 103 Å². The second-order valence-electron chi connectivity index (χ2n) is 4.31. The molecule has 0 saturated heterocycles. The lowest BCUT2D eigenvalue weighted by molar-refractivity contribution is 0.365. The van der Waals surface area contributed by atoms with Gasteiger partial charge in [0, 0.05) is 11.4 Å².